The summed E-state index contributed by atoms with van der Waals surface area (Å²) in [6, 6.07) is 0. The van der Waals surface area contributed by atoms with Gasteiger partial charge in [-0.15, -0.1) is 0 Å². The van der Waals surface area contributed by atoms with Crippen LogP contribution in [0.5, 0.6) is 0 Å². The van der Waals surface area contributed by atoms with E-state index in [-0.39, 0.29) is 6.61 Å². The van der Waals surface area contributed by atoms with E-state index in [1.54, 1.807) is 6.26 Å². The smallest absolute Gasteiger partial charge is 0.158 e. The number of aliphatic hydroxyl groups is 1. The van der Waals surface area contributed by atoms with E-state index in [0.29, 0.717) is 13.2 Å². The Morgan fingerprint density at radius 1 is 1.73 bits per heavy atom. The molecule has 0 saturated heterocycles. The Labute approximate surface area is 66.6 Å². The van der Waals surface area contributed by atoms with Gasteiger partial charge in [0.1, 0.15) is 0 Å². The van der Waals surface area contributed by atoms with E-state index >= 15 is 0 Å². The maximum Gasteiger partial charge on any atom is 0.158 e. The van der Waals surface area contributed by atoms with Gasteiger partial charge in [0.25, 0.3) is 0 Å². The van der Waals surface area contributed by atoms with E-state index in [0.717, 1.165) is 6.42 Å². The maximum atomic E-state index is 9.00. The van der Waals surface area contributed by atoms with Crippen LogP contribution in [0.25, 0.3) is 0 Å². The van der Waals surface area contributed by atoms with Crippen molar-refractivity contribution >= 4 is 0 Å². The first kappa shape index (κ1) is 8.56. The third-order valence-electron chi connectivity index (χ3n) is 1.76. The number of ether oxygens (including phenoxy) is 2. The summed E-state index contributed by atoms with van der Waals surface area (Å²) in [5, 5.41) is 9.00. The van der Waals surface area contributed by atoms with Gasteiger partial charge in [-0.05, 0) is 13.0 Å². The van der Waals surface area contributed by atoms with Crippen LogP contribution in [0.4, 0.5) is 0 Å². The fourth-order valence-corrected chi connectivity index (χ4v) is 1.03. The second kappa shape index (κ2) is 3.74. The van der Waals surface area contributed by atoms with E-state index in [1.807, 2.05) is 13.0 Å². The summed E-state index contributed by atoms with van der Waals surface area (Å²) in [5.74, 6) is 0. The summed E-state index contributed by atoms with van der Waals surface area (Å²) in [7, 11) is 0. The van der Waals surface area contributed by atoms with Crippen LogP contribution < -0.4 is 0 Å². The molecule has 1 rings (SSSR count). The van der Waals surface area contributed by atoms with Crippen LogP contribution in [0.3, 0.4) is 0 Å². The highest BCUT2D eigenvalue weighted by molar-refractivity contribution is 4.97. The molecule has 0 aromatic carbocycles. The van der Waals surface area contributed by atoms with Gasteiger partial charge >= 0.3 is 0 Å². The van der Waals surface area contributed by atoms with Crippen molar-refractivity contribution in [2.24, 2.45) is 0 Å². The van der Waals surface area contributed by atoms with Crippen LogP contribution in [-0.4, -0.2) is 30.5 Å². The Balaban J connectivity index is 2.35. The molecule has 3 heteroatoms. The van der Waals surface area contributed by atoms with Crippen molar-refractivity contribution < 1.29 is 14.6 Å². The predicted octanol–water partition coefficient (Wildman–Crippen LogP) is 0.688. The number of rotatable bonds is 4. The summed E-state index contributed by atoms with van der Waals surface area (Å²) in [6.07, 6.45) is 4.26. The second-order valence-electron chi connectivity index (χ2n) is 2.67. The van der Waals surface area contributed by atoms with Gasteiger partial charge in [0.2, 0.25) is 0 Å². The molecule has 3 nitrogen and oxygen atoms in total. The van der Waals surface area contributed by atoms with Gasteiger partial charge in [-0.2, -0.15) is 0 Å². The molecule has 1 unspecified atom stereocenters. The lowest BCUT2D eigenvalue weighted by Crippen LogP contribution is -2.37. The molecule has 0 amide bonds. The van der Waals surface area contributed by atoms with Crippen LogP contribution in [0.1, 0.15) is 13.3 Å². The van der Waals surface area contributed by atoms with Crippen LogP contribution in [0.2, 0.25) is 0 Å². The van der Waals surface area contributed by atoms with Crippen molar-refractivity contribution in [1.82, 2.24) is 0 Å². The molecule has 1 heterocycles. The minimum Gasteiger partial charge on any atom is -0.490 e. The van der Waals surface area contributed by atoms with Crippen LogP contribution in [0.15, 0.2) is 12.3 Å². The lowest BCUT2D eigenvalue weighted by atomic mass is 10.0. The van der Waals surface area contributed by atoms with Crippen molar-refractivity contribution in [3.05, 3.63) is 12.3 Å². The summed E-state index contributed by atoms with van der Waals surface area (Å²) < 4.78 is 10.4. The SMILES string of the molecule is CCOCC1(CO)CC=CO1. The molecule has 0 aromatic heterocycles. The molecular weight excluding hydrogens is 144 g/mol. The molecule has 0 bridgehead atoms. The number of aliphatic hydroxyl groups excluding tert-OH is 1. The molecule has 0 aromatic rings. The minimum atomic E-state index is -0.490. The topological polar surface area (TPSA) is 38.7 Å². The molecule has 0 saturated carbocycles. The van der Waals surface area contributed by atoms with Gasteiger partial charge in [-0.1, -0.05) is 0 Å². The lowest BCUT2D eigenvalue weighted by Gasteiger charge is -2.25. The zero-order chi connectivity index (χ0) is 8.16. The number of hydrogen-bond donors (Lipinski definition) is 1. The van der Waals surface area contributed by atoms with Gasteiger partial charge in [-0.25, -0.2) is 0 Å². The molecule has 0 aliphatic carbocycles. The zero-order valence-electron chi connectivity index (χ0n) is 6.75. The van der Waals surface area contributed by atoms with Crippen LogP contribution in [0, 0.1) is 0 Å². The second-order valence-corrected chi connectivity index (χ2v) is 2.67. The van der Waals surface area contributed by atoms with Crippen molar-refractivity contribution in [3.63, 3.8) is 0 Å². The van der Waals surface area contributed by atoms with Crippen molar-refractivity contribution in [2.75, 3.05) is 19.8 Å². The molecule has 0 spiro atoms. The first-order valence-electron chi connectivity index (χ1n) is 3.84. The number of hydrogen-bond acceptors (Lipinski definition) is 3. The summed E-state index contributed by atoms with van der Waals surface area (Å²) in [4.78, 5) is 0. The predicted molar refractivity (Wildman–Crippen MR) is 41.2 cm³/mol. The molecule has 64 valence electrons. The average molecular weight is 158 g/mol. The van der Waals surface area contributed by atoms with E-state index in [2.05, 4.69) is 0 Å². The van der Waals surface area contributed by atoms with Crippen LogP contribution in [-0.2, 0) is 9.47 Å². The highest BCUT2D eigenvalue weighted by Gasteiger charge is 2.32. The van der Waals surface area contributed by atoms with Crippen molar-refractivity contribution in [3.8, 4) is 0 Å². The maximum absolute atomic E-state index is 9.00. The molecule has 1 N–H and O–H groups in total. The van der Waals surface area contributed by atoms with Crippen molar-refractivity contribution in [2.45, 2.75) is 18.9 Å². The quantitative estimate of drug-likeness (QED) is 0.654. The molecule has 1 aliphatic rings. The zero-order valence-corrected chi connectivity index (χ0v) is 6.75. The summed E-state index contributed by atoms with van der Waals surface area (Å²) in [6.45, 7) is 3.06. The van der Waals surface area contributed by atoms with Gasteiger partial charge in [0, 0.05) is 13.0 Å². The standard InChI is InChI=1S/C8H14O3/c1-2-10-7-8(6-9)4-3-5-11-8/h3,5,9H,2,4,6-7H2,1H3. The molecule has 0 radical (unpaired) electrons. The molecular formula is C8H14O3. The van der Waals surface area contributed by atoms with E-state index in [4.69, 9.17) is 14.6 Å². The Hall–Kier alpha value is -0.540. The fourth-order valence-electron chi connectivity index (χ4n) is 1.03. The largest absolute Gasteiger partial charge is 0.490 e. The minimum absolute atomic E-state index is 0.0139. The fraction of sp³-hybridized carbons (Fsp3) is 0.750. The Morgan fingerprint density at radius 3 is 3.00 bits per heavy atom. The van der Waals surface area contributed by atoms with Gasteiger partial charge in [0.15, 0.2) is 5.60 Å². The molecule has 11 heavy (non-hydrogen) atoms. The lowest BCUT2D eigenvalue weighted by molar-refractivity contribution is -0.0693. The van der Waals surface area contributed by atoms with E-state index < -0.39 is 5.60 Å². The first-order valence-corrected chi connectivity index (χ1v) is 3.84. The normalized spacial score (nSPS) is 28.9. The average Bonchev–Trinajstić information content (AvgIpc) is 2.50. The van der Waals surface area contributed by atoms with Gasteiger partial charge in [-0.3, -0.25) is 0 Å². The Morgan fingerprint density at radius 2 is 2.55 bits per heavy atom. The van der Waals surface area contributed by atoms with Crippen molar-refractivity contribution in [1.29, 1.82) is 0 Å². The third kappa shape index (κ3) is 1.94. The first-order chi connectivity index (χ1) is 5.33. The van der Waals surface area contributed by atoms with E-state index in [1.165, 1.54) is 0 Å². The molecule has 1 atom stereocenters. The summed E-state index contributed by atoms with van der Waals surface area (Å²) >= 11 is 0. The van der Waals surface area contributed by atoms with Gasteiger partial charge in [0.05, 0.1) is 19.5 Å². The van der Waals surface area contributed by atoms with Crippen LogP contribution >= 0.6 is 0 Å². The van der Waals surface area contributed by atoms with Gasteiger partial charge < -0.3 is 14.6 Å². The molecule has 0 fully saturated rings. The highest BCUT2D eigenvalue weighted by Crippen LogP contribution is 2.22. The molecule has 1 aliphatic heterocycles. The summed E-state index contributed by atoms with van der Waals surface area (Å²) in [5.41, 5.74) is -0.490. The monoisotopic (exact) mass is 158 g/mol. The Bertz CT molecular complexity index is 134. The third-order valence-corrected chi connectivity index (χ3v) is 1.76. The Kier molecular flexibility index (Phi) is 2.91. The highest BCUT2D eigenvalue weighted by atomic mass is 16.5. The van der Waals surface area contributed by atoms with E-state index in [9.17, 15) is 0 Å².